The molecule has 1 aromatic heterocycles. The van der Waals surface area contributed by atoms with Crippen LogP contribution in [0.1, 0.15) is 10.4 Å². The molecule has 0 aliphatic carbocycles. The van der Waals surface area contributed by atoms with E-state index in [1.54, 1.807) is 19.1 Å². The summed E-state index contributed by atoms with van der Waals surface area (Å²) in [4.78, 5) is 17.4. The predicted octanol–water partition coefficient (Wildman–Crippen LogP) is 1.54. The zero-order valence-corrected chi connectivity index (χ0v) is 11.3. The summed E-state index contributed by atoms with van der Waals surface area (Å²) in [6.07, 6.45) is 1.49. The Morgan fingerprint density at radius 3 is 2.50 bits per heavy atom. The summed E-state index contributed by atoms with van der Waals surface area (Å²) >= 11 is 0. The van der Waals surface area contributed by atoms with Crippen LogP contribution in [0.3, 0.4) is 0 Å². The fraction of sp³-hybridized carbons (Fsp3) is 0.143. The van der Waals surface area contributed by atoms with Gasteiger partial charge in [0.25, 0.3) is 5.91 Å². The Hall–Kier alpha value is -2.76. The van der Waals surface area contributed by atoms with E-state index in [1.807, 2.05) is 24.3 Å². The van der Waals surface area contributed by atoms with Gasteiger partial charge in [-0.2, -0.15) is 0 Å². The van der Waals surface area contributed by atoms with E-state index in [-0.39, 0.29) is 5.56 Å². The summed E-state index contributed by atoms with van der Waals surface area (Å²) in [6, 6.07) is 8.90. The molecule has 0 spiro atoms. The molecule has 2 rings (SSSR count). The lowest BCUT2D eigenvalue weighted by Crippen LogP contribution is -2.20. The average Bonchev–Trinajstić information content (AvgIpc) is 2.46. The molecule has 104 valence electrons. The molecular weight excluding hydrogens is 256 g/mol. The van der Waals surface area contributed by atoms with Crippen LogP contribution < -0.4 is 21.1 Å². The first-order chi connectivity index (χ1) is 9.52. The quantitative estimate of drug-likeness (QED) is 0.880. The van der Waals surface area contributed by atoms with Crippen LogP contribution in [0.5, 0.6) is 5.75 Å². The minimum atomic E-state index is -0.569. The molecule has 1 heterocycles. The maximum Gasteiger partial charge on any atom is 0.252 e. The van der Waals surface area contributed by atoms with Crippen molar-refractivity contribution in [2.45, 2.75) is 0 Å². The molecule has 4 N–H and O–H groups in total. The summed E-state index contributed by atoms with van der Waals surface area (Å²) in [7, 11) is 3.40. The van der Waals surface area contributed by atoms with Crippen LogP contribution in [-0.4, -0.2) is 25.0 Å². The van der Waals surface area contributed by atoms with Crippen LogP contribution in [0.4, 0.5) is 17.2 Å². The maximum atomic E-state index is 11.5. The average molecular weight is 272 g/mol. The molecule has 0 saturated carbocycles. The van der Waals surface area contributed by atoms with Crippen LogP contribution in [-0.2, 0) is 0 Å². The van der Waals surface area contributed by atoms with Crippen LogP contribution in [0.15, 0.2) is 36.5 Å². The van der Waals surface area contributed by atoms with Crippen LogP contribution in [0.2, 0.25) is 0 Å². The number of carbonyl (C=O) groups is 1. The van der Waals surface area contributed by atoms with E-state index in [1.165, 1.54) is 12.3 Å². The van der Waals surface area contributed by atoms with Crippen molar-refractivity contribution in [3.63, 3.8) is 0 Å². The molecule has 0 fully saturated rings. The molecule has 6 heteroatoms. The van der Waals surface area contributed by atoms with Gasteiger partial charge in [0.1, 0.15) is 11.6 Å². The maximum absolute atomic E-state index is 11.5. The van der Waals surface area contributed by atoms with Crippen molar-refractivity contribution in [3.8, 4) is 5.75 Å². The van der Waals surface area contributed by atoms with Gasteiger partial charge in [-0.15, -0.1) is 0 Å². The smallest absolute Gasteiger partial charge is 0.252 e. The van der Waals surface area contributed by atoms with Crippen molar-refractivity contribution in [1.82, 2.24) is 4.98 Å². The van der Waals surface area contributed by atoms with E-state index in [4.69, 9.17) is 16.2 Å². The highest BCUT2D eigenvalue weighted by molar-refractivity contribution is 5.99. The molecule has 2 aromatic rings. The van der Waals surface area contributed by atoms with E-state index in [2.05, 4.69) is 4.98 Å². The van der Waals surface area contributed by atoms with Crippen LogP contribution >= 0.6 is 0 Å². The second-order valence-electron chi connectivity index (χ2n) is 4.26. The molecule has 6 nitrogen and oxygen atoms in total. The number of pyridine rings is 1. The number of aromatic nitrogens is 1. The predicted molar refractivity (Wildman–Crippen MR) is 78.2 cm³/mol. The molecular formula is C14H16N4O2. The number of nitrogen functional groups attached to an aromatic ring is 1. The monoisotopic (exact) mass is 272 g/mol. The molecule has 0 aliphatic heterocycles. The summed E-state index contributed by atoms with van der Waals surface area (Å²) < 4.78 is 5.11. The first kappa shape index (κ1) is 13.7. The highest BCUT2D eigenvalue weighted by atomic mass is 16.5. The molecule has 0 unspecified atom stereocenters. The van der Waals surface area contributed by atoms with Crippen molar-refractivity contribution in [2.24, 2.45) is 5.73 Å². The Balaban J connectivity index is 2.41. The third-order valence-electron chi connectivity index (χ3n) is 2.93. The number of benzene rings is 1. The summed E-state index contributed by atoms with van der Waals surface area (Å²) in [5.41, 5.74) is 12.5. The van der Waals surface area contributed by atoms with Crippen LogP contribution in [0, 0.1) is 0 Å². The molecule has 1 aromatic carbocycles. The van der Waals surface area contributed by atoms with Crippen molar-refractivity contribution in [2.75, 3.05) is 24.8 Å². The second-order valence-corrected chi connectivity index (χ2v) is 4.26. The second kappa shape index (κ2) is 5.48. The van der Waals surface area contributed by atoms with Crippen molar-refractivity contribution in [1.29, 1.82) is 0 Å². The van der Waals surface area contributed by atoms with Gasteiger partial charge in [0.15, 0.2) is 0 Å². The number of nitrogens with two attached hydrogens (primary N) is 2. The van der Waals surface area contributed by atoms with Gasteiger partial charge >= 0.3 is 0 Å². The number of carbonyl (C=O) groups excluding carboxylic acids is 1. The third-order valence-corrected chi connectivity index (χ3v) is 2.93. The van der Waals surface area contributed by atoms with E-state index in [0.717, 1.165) is 11.4 Å². The molecule has 0 atom stereocenters. The lowest BCUT2D eigenvalue weighted by Gasteiger charge is -2.20. The van der Waals surface area contributed by atoms with E-state index < -0.39 is 5.91 Å². The number of hydrogen-bond acceptors (Lipinski definition) is 5. The number of primary amides is 1. The van der Waals surface area contributed by atoms with Crippen molar-refractivity contribution < 1.29 is 9.53 Å². The minimum Gasteiger partial charge on any atom is -0.497 e. The van der Waals surface area contributed by atoms with Gasteiger partial charge in [0.05, 0.1) is 24.6 Å². The molecule has 0 bridgehead atoms. The number of anilines is 3. The number of hydrogen-bond donors (Lipinski definition) is 2. The topological polar surface area (TPSA) is 94.5 Å². The fourth-order valence-electron chi connectivity index (χ4n) is 1.85. The number of nitrogens with zero attached hydrogens (tertiary/aromatic N) is 2. The van der Waals surface area contributed by atoms with Crippen molar-refractivity contribution in [3.05, 3.63) is 42.1 Å². The Morgan fingerprint density at radius 2 is 1.95 bits per heavy atom. The lowest BCUT2D eigenvalue weighted by atomic mass is 10.2. The Kier molecular flexibility index (Phi) is 3.74. The zero-order valence-electron chi connectivity index (χ0n) is 11.3. The third kappa shape index (κ3) is 2.64. The molecule has 20 heavy (non-hydrogen) atoms. The molecule has 0 aliphatic rings. The van der Waals surface area contributed by atoms with Gasteiger partial charge in [0, 0.05) is 12.7 Å². The molecule has 0 saturated heterocycles. The Labute approximate surface area is 117 Å². The fourth-order valence-corrected chi connectivity index (χ4v) is 1.85. The van der Waals surface area contributed by atoms with E-state index in [0.29, 0.717) is 11.5 Å². The van der Waals surface area contributed by atoms with Gasteiger partial charge < -0.3 is 21.1 Å². The number of rotatable bonds is 4. The van der Waals surface area contributed by atoms with E-state index in [9.17, 15) is 4.79 Å². The normalized spacial score (nSPS) is 10.1. The van der Waals surface area contributed by atoms with Crippen molar-refractivity contribution >= 4 is 23.1 Å². The van der Waals surface area contributed by atoms with E-state index >= 15 is 0 Å². The van der Waals surface area contributed by atoms with Gasteiger partial charge in [-0.3, -0.25) is 4.79 Å². The SMILES string of the molecule is COc1ccc(N(C)c2ncc(N)cc2C(N)=O)cc1. The summed E-state index contributed by atoms with van der Waals surface area (Å²) in [5.74, 6) is 0.638. The number of amides is 1. The first-order valence-corrected chi connectivity index (χ1v) is 5.96. The largest absolute Gasteiger partial charge is 0.497 e. The molecule has 1 amide bonds. The van der Waals surface area contributed by atoms with Gasteiger partial charge in [-0.05, 0) is 30.3 Å². The Bertz CT molecular complexity index is 626. The molecule has 0 radical (unpaired) electrons. The Morgan fingerprint density at radius 1 is 1.30 bits per heavy atom. The zero-order chi connectivity index (χ0) is 14.7. The number of ether oxygens (including phenoxy) is 1. The summed E-state index contributed by atoms with van der Waals surface area (Å²) in [5, 5.41) is 0. The van der Waals surface area contributed by atoms with Gasteiger partial charge in [0.2, 0.25) is 0 Å². The first-order valence-electron chi connectivity index (χ1n) is 5.96. The highest BCUT2D eigenvalue weighted by Gasteiger charge is 2.15. The number of methoxy groups -OCH3 is 1. The van der Waals surface area contributed by atoms with Gasteiger partial charge in [-0.1, -0.05) is 0 Å². The lowest BCUT2D eigenvalue weighted by molar-refractivity contribution is 0.100. The highest BCUT2D eigenvalue weighted by Crippen LogP contribution is 2.27. The minimum absolute atomic E-state index is 0.281. The standard InChI is InChI=1S/C14H16N4O2/c1-18(10-3-5-11(20-2)6-4-10)14-12(13(16)19)7-9(15)8-17-14/h3-8H,15H2,1-2H3,(H2,16,19). The summed E-state index contributed by atoms with van der Waals surface area (Å²) in [6.45, 7) is 0. The van der Waals surface area contributed by atoms with Gasteiger partial charge in [-0.25, -0.2) is 4.98 Å². The van der Waals surface area contributed by atoms with Crippen LogP contribution in [0.25, 0.3) is 0 Å².